The third kappa shape index (κ3) is 2.50. The van der Waals surface area contributed by atoms with E-state index in [1.54, 1.807) is 25.1 Å². The number of rotatable bonds is 3. The van der Waals surface area contributed by atoms with E-state index in [1.165, 1.54) is 11.3 Å². The van der Waals surface area contributed by atoms with E-state index in [0.717, 1.165) is 10.4 Å². The standard InChI is InChI=1S/C12H13NO2S2/c1-9-4-2-6-11(12(9)13)17(14,15)8-10-5-3-7-16-10/h2-7H,8,13H2,1H3. The highest BCUT2D eigenvalue weighted by molar-refractivity contribution is 7.91. The summed E-state index contributed by atoms with van der Waals surface area (Å²) >= 11 is 1.43. The monoisotopic (exact) mass is 267 g/mol. The largest absolute Gasteiger partial charge is 0.397 e. The summed E-state index contributed by atoms with van der Waals surface area (Å²) in [5.74, 6) is 0.0122. The third-order valence-electron chi connectivity index (χ3n) is 2.53. The van der Waals surface area contributed by atoms with E-state index in [1.807, 2.05) is 17.5 Å². The SMILES string of the molecule is Cc1cccc(S(=O)(=O)Cc2cccs2)c1N. The molecule has 0 aliphatic heterocycles. The Bertz CT molecular complexity index is 616. The summed E-state index contributed by atoms with van der Waals surface area (Å²) in [4.78, 5) is 1.05. The molecule has 0 aliphatic rings. The van der Waals surface area contributed by atoms with Gasteiger partial charge >= 0.3 is 0 Å². The van der Waals surface area contributed by atoms with Crippen LogP contribution in [0.1, 0.15) is 10.4 Å². The van der Waals surface area contributed by atoms with Crippen LogP contribution in [0.3, 0.4) is 0 Å². The molecular weight excluding hydrogens is 254 g/mol. The first-order chi connectivity index (χ1) is 8.00. The lowest BCUT2D eigenvalue weighted by atomic mass is 10.2. The van der Waals surface area contributed by atoms with Gasteiger partial charge in [0.25, 0.3) is 0 Å². The molecule has 0 fully saturated rings. The van der Waals surface area contributed by atoms with Crippen LogP contribution in [0.5, 0.6) is 0 Å². The lowest BCUT2D eigenvalue weighted by Gasteiger charge is -2.08. The highest BCUT2D eigenvalue weighted by Crippen LogP contribution is 2.26. The zero-order valence-electron chi connectivity index (χ0n) is 9.38. The first-order valence-electron chi connectivity index (χ1n) is 5.11. The van der Waals surface area contributed by atoms with Gasteiger partial charge in [-0.15, -0.1) is 11.3 Å². The molecule has 0 atom stereocenters. The maximum atomic E-state index is 12.2. The highest BCUT2D eigenvalue weighted by Gasteiger charge is 2.19. The number of sulfone groups is 1. The van der Waals surface area contributed by atoms with Crippen LogP contribution >= 0.6 is 11.3 Å². The van der Waals surface area contributed by atoms with Crippen LogP contribution in [-0.4, -0.2) is 8.42 Å². The Kier molecular flexibility index (Phi) is 3.22. The molecule has 1 aromatic heterocycles. The Hall–Kier alpha value is -1.33. The van der Waals surface area contributed by atoms with Crippen LogP contribution in [0.15, 0.2) is 40.6 Å². The van der Waals surface area contributed by atoms with Crippen LogP contribution in [-0.2, 0) is 15.6 Å². The van der Waals surface area contributed by atoms with Gasteiger partial charge in [-0.25, -0.2) is 8.42 Å². The molecule has 2 rings (SSSR count). The van der Waals surface area contributed by atoms with Gasteiger partial charge in [0.15, 0.2) is 9.84 Å². The summed E-state index contributed by atoms with van der Waals surface area (Å²) < 4.78 is 24.4. The minimum Gasteiger partial charge on any atom is -0.397 e. The first kappa shape index (κ1) is 12.1. The van der Waals surface area contributed by atoms with Crippen molar-refractivity contribution in [3.8, 4) is 0 Å². The third-order valence-corrected chi connectivity index (χ3v) is 5.31. The van der Waals surface area contributed by atoms with Gasteiger partial charge in [-0.1, -0.05) is 18.2 Å². The Morgan fingerprint density at radius 3 is 2.65 bits per heavy atom. The number of para-hydroxylation sites is 1. The molecule has 2 aromatic rings. The molecule has 0 radical (unpaired) electrons. The Morgan fingerprint density at radius 2 is 2.00 bits per heavy atom. The summed E-state index contributed by atoms with van der Waals surface area (Å²) in [6.07, 6.45) is 0. The maximum absolute atomic E-state index is 12.2. The van der Waals surface area contributed by atoms with E-state index in [4.69, 9.17) is 5.73 Å². The minimum absolute atomic E-state index is 0.0122. The van der Waals surface area contributed by atoms with Crippen LogP contribution in [0.2, 0.25) is 0 Å². The lowest BCUT2D eigenvalue weighted by molar-refractivity contribution is 0.596. The number of hydrogen-bond donors (Lipinski definition) is 1. The van der Waals surface area contributed by atoms with E-state index in [9.17, 15) is 8.42 Å². The van der Waals surface area contributed by atoms with Gasteiger partial charge in [-0.2, -0.15) is 0 Å². The van der Waals surface area contributed by atoms with Crippen LogP contribution in [0, 0.1) is 6.92 Å². The number of nitrogens with two attached hydrogens (primary N) is 1. The average molecular weight is 267 g/mol. The molecule has 17 heavy (non-hydrogen) atoms. The molecule has 5 heteroatoms. The summed E-state index contributed by atoms with van der Waals surface area (Å²) in [6.45, 7) is 1.81. The second-order valence-corrected chi connectivity index (χ2v) is 6.82. The number of benzene rings is 1. The summed E-state index contributed by atoms with van der Waals surface area (Å²) in [5.41, 5.74) is 6.96. The number of anilines is 1. The number of hydrogen-bond acceptors (Lipinski definition) is 4. The topological polar surface area (TPSA) is 60.2 Å². The fourth-order valence-electron chi connectivity index (χ4n) is 1.58. The van der Waals surface area contributed by atoms with Crippen molar-refractivity contribution in [3.63, 3.8) is 0 Å². The van der Waals surface area contributed by atoms with Crippen molar-refractivity contribution in [3.05, 3.63) is 46.2 Å². The van der Waals surface area contributed by atoms with Crippen molar-refractivity contribution in [2.24, 2.45) is 0 Å². The van der Waals surface area contributed by atoms with Gasteiger partial charge < -0.3 is 5.73 Å². The Labute approximate surface area is 105 Å². The van der Waals surface area contributed by atoms with Gasteiger partial charge in [0.1, 0.15) is 0 Å². The molecule has 0 saturated heterocycles. The number of nitrogen functional groups attached to an aromatic ring is 1. The molecule has 1 heterocycles. The normalized spacial score (nSPS) is 11.6. The molecule has 0 aliphatic carbocycles. The smallest absolute Gasteiger partial charge is 0.185 e. The molecule has 0 saturated carbocycles. The van der Waals surface area contributed by atoms with Gasteiger partial charge in [-0.05, 0) is 30.0 Å². The van der Waals surface area contributed by atoms with Crippen molar-refractivity contribution in [2.75, 3.05) is 5.73 Å². The molecule has 3 nitrogen and oxygen atoms in total. The molecule has 1 aromatic carbocycles. The predicted octanol–water partition coefficient (Wildman–Crippen LogP) is 2.61. The Morgan fingerprint density at radius 1 is 1.24 bits per heavy atom. The van der Waals surface area contributed by atoms with E-state index in [-0.39, 0.29) is 10.6 Å². The molecule has 0 amide bonds. The molecular formula is C12H13NO2S2. The van der Waals surface area contributed by atoms with E-state index < -0.39 is 9.84 Å². The van der Waals surface area contributed by atoms with Crippen molar-refractivity contribution in [1.29, 1.82) is 0 Å². The van der Waals surface area contributed by atoms with Crippen molar-refractivity contribution in [1.82, 2.24) is 0 Å². The average Bonchev–Trinajstić information content (AvgIpc) is 2.73. The second kappa shape index (κ2) is 4.50. The van der Waals surface area contributed by atoms with E-state index >= 15 is 0 Å². The van der Waals surface area contributed by atoms with Crippen LogP contribution < -0.4 is 5.73 Å². The molecule has 0 bridgehead atoms. The number of thiophene rings is 1. The molecule has 90 valence electrons. The quantitative estimate of drug-likeness (QED) is 0.870. The summed E-state index contributed by atoms with van der Waals surface area (Å²) in [7, 11) is -3.35. The fraction of sp³-hybridized carbons (Fsp3) is 0.167. The Balaban J connectivity index is 2.42. The van der Waals surface area contributed by atoms with E-state index in [0.29, 0.717) is 5.69 Å². The minimum atomic E-state index is -3.35. The first-order valence-corrected chi connectivity index (χ1v) is 7.64. The van der Waals surface area contributed by atoms with Crippen molar-refractivity contribution < 1.29 is 8.42 Å². The van der Waals surface area contributed by atoms with Gasteiger partial charge in [0, 0.05) is 4.88 Å². The van der Waals surface area contributed by atoms with Gasteiger partial charge in [-0.3, -0.25) is 0 Å². The summed E-state index contributed by atoms with van der Waals surface area (Å²) in [6, 6.07) is 8.74. The number of aryl methyl sites for hydroxylation is 1. The summed E-state index contributed by atoms with van der Waals surface area (Å²) in [5, 5.41) is 1.87. The van der Waals surface area contributed by atoms with Crippen LogP contribution in [0.4, 0.5) is 5.69 Å². The highest BCUT2D eigenvalue weighted by atomic mass is 32.2. The van der Waals surface area contributed by atoms with Gasteiger partial charge in [0.2, 0.25) is 0 Å². The zero-order chi connectivity index (χ0) is 12.5. The molecule has 0 unspecified atom stereocenters. The fourth-order valence-corrected chi connectivity index (χ4v) is 4.22. The molecule has 0 spiro atoms. The maximum Gasteiger partial charge on any atom is 0.185 e. The zero-order valence-corrected chi connectivity index (χ0v) is 11.0. The van der Waals surface area contributed by atoms with E-state index in [2.05, 4.69) is 0 Å². The second-order valence-electron chi connectivity index (χ2n) is 3.83. The lowest BCUT2D eigenvalue weighted by Crippen LogP contribution is -2.08. The van der Waals surface area contributed by atoms with Crippen molar-refractivity contribution in [2.45, 2.75) is 17.6 Å². The van der Waals surface area contributed by atoms with Crippen LogP contribution in [0.25, 0.3) is 0 Å². The van der Waals surface area contributed by atoms with Gasteiger partial charge in [0.05, 0.1) is 16.3 Å². The predicted molar refractivity (Wildman–Crippen MR) is 70.8 cm³/mol. The van der Waals surface area contributed by atoms with Crippen molar-refractivity contribution >= 4 is 26.9 Å². The molecule has 2 N–H and O–H groups in total.